The maximum absolute atomic E-state index is 12.1. The normalized spacial score (nSPS) is 10.9. The average molecular weight is 361 g/mol. The van der Waals surface area contributed by atoms with Crippen LogP contribution in [0.2, 0.25) is 0 Å². The van der Waals surface area contributed by atoms with E-state index in [0.717, 1.165) is 31.4 Å². The molecule has 1 rings (SSSR count). The molecule has 0 aliphatic heterocycles. The molecule has 1 aromatic carbocycles. The summed E-state index contributed by atoms with van der Waals surface area (Å²) < 4.78 is 5.61. The molecule has 0 heterocycles. The molecule has 0 aromatic heterocycles. The Bertz CT molecular complexity index is 493. The van der Waals surface area contributed by atoms with Gasteiger partial charge >= 0.3 is 5.97 Å². The number of unbranched alkanes of at least 4 members (excludes halogenated alkanes) is 8. The molecule has 148 valence electrons. The SMILES string of the molecule is CCCCCCCC(=O)Oc1ccc(CCCCC)c(CCCCC)c1. The molecule has 2 heteroatoms. The number of ether oxygens (including phenoxy) is 1. The number of rotatable bonds is 15. The smallest absolute Gasteiger partial charge is 0.311 e. The fourth-order valence-corrected chi connectivity index (χ4v) is 3.33. The van der Waals surface area contributed by atoms with Gasteiger partial charge in [0.1, 0.15) is 5.75 Å². The van der Waals surface area contributed by atoms with Gasteiger partial charge in [-0.2, -0.15) is 0 Å². The van der Waals surface area contributed by atoms with Crippen molar-refractivity contribution < 1.29 is 9.53 Å². The van der Waals surface area contributed by atoms with Crippen LogP contribution in [-0.2, 0) is 17.6 Å². The second kappa shape index (κ2) is 14.8. The maximum atomic E-state index is 12.1. The van der Waals surface area contributed by atoms with Crippen LogP contribution < -0.4 is 4.74 Å². The third kappa shape index (κ3) is 9.99. The van der Waals surface area contributed by atoms with Gasteiger partial charge in [-0.3, -0.25) is 4.79 Å². The molecular formula is C24H40O2. The van der Waals surface area contributed by atoms with Crippen LogP contribution in [-0.4, -0.2) is 5.97 Å². The van der Waals surface area contributed by atoms with Crippen molar-refractivity contribution in [2.24, 2.45) is 0 Å². The Morgan fingerprint density at radius 1 is 0.731 bits per heavy atom. The molecule has 2 nitrogen and oxygen atoms in total. The monoisotopic (exact) mass is 360 g/mol. The molecule has 0 aliphatic rings. The highest BCUT2D eigenvalue weighted by Gasteiger charge is 2.09. The van der Waals surface area contributed by atoms with Crippen molar-refractivity contribution >= 4 is 5.97 Å². The standard InChI is InChI=1S/C24H40O2/c1-4-7-10-11-14-17-24(25)26-23-19-18-21(15-12-8-5-2)22(20-23)16-13-9-6-3/h18-20H,4-17H2,1-3H3. The van der Waals surface area contributed by atoms with Crippen LogP contribution in [0.25, 0.3) is 0 Å². The van der Waals surface area contributed by atoms with Gasteiger partial charge in [-0.05, 0) is 55.4 Å². The largest absolute Gasteiger partial charge is 0.427 e. The maximum Gasteiger partial charge on any atom is 0.311 e. The van der Waals surface area contributed by atoms with E-state index in [0.29, 0.717) is 6.42 Å². The zero-order chi connectivity index (χ0) is 19.0. The highest BCUT2D eigenvalue weighted by molar-refractivity contribution is 5.72. The van der Waals surface area contributed by atoms with Gasteiger partial charge in [0, 0.05) is 6.42 Å². The summed E-state index contributed by atoms with van der Waals surface area (Å²) in [6.45, 7) is 6.69. The van der Waals surface area contributed by atoms with Gasteiger partial charge in [-0.25, -0.2) is 0 Å². The molecule has 0 atom stereocenters. The predicted octanol–water partition coefficient (Wildman–Crippen LogP) is 7.42. The first-order valence-corrected chi connectivity index (χ1v) is 11.0. The van der Waals surface area contributed by atoms with Crippen molar-refractivity contribution in [2.75, 3.05) is 0 Å². The second-order valence-electron chi connectivity index (χ2n) is 7.48. The van der Waals surface area contributed by atoms with Crippen LogP contribution in [0, 0.1) is 0 Å². The number of aryl methyl sites for hydroxylation is 2. The lowest BCUT2D eigenvalue weighted by Gasteiger charge is -2.12. The Hall–Kier alpha value is -1.31. The number of benzene rings is 1. The Morgan fingerprint density at radius 3 is 1.96 bits per heavy atom. The van der Waals surface area contributed by atoms with Gasteiger partial charge in [0.25, 0.3) is 0 Å². The van der Waals surface area contributed by atoms with E-state index in [1.54, 1.807) is 0 Å². The third-order valence-electron chi connectivity index (χ3n) is 4.99. The molecule has 26 heavy (non-hydrogen) atoms. The van der Waals surface area contributed by atoms with Gasteiger partial charge in [-0.1, -0.05) is 78.2 Å². The Morgan fingerprint density at radius 2 is 1.31 bits per heavy atom. The second-order valence-corrected chi connectivity index (χ2v) is 7.48. The van der Waals surface area contributed by atoms with E-state index in [2.05, 4.69) is 32.9 Å². The lowest BCUT2D eigenvalue weighted by Crippen LogP contribution is -2.08. The van der Waals surface area contributed by atoms with E-state index in [1.807, 2.05) is 6.07 Å². The van der Waals surface area contributed by atoms with Crippen molar-refractivity contribution in [3.05, 3.63) is 29.3 Å². The number of carbonyl (C=O) groups is 1. The quantitative estimate of drug-likeness (QED) is 0.185. The lowest BCUT2D eigenvalue weighted by atomic mass is 9.97. The molecular weight excluding hydrogens is 320 g/mol. The average Bonchev–Trinajstić information content (AvgIpc) is 2.63. The van der Waals surface area contributed by atoms with E-state index >= 15 is 0 Å². The minimum atomic E-state index is -0.0836. The summed E-state index contributed by atoms with van der Waals surface area (Å²) >= 11 is 0. The molecule has 0 bridgehead atoms. The minimum Gasteiger partial charge on any atom is -0.427 e. The fourth-order valence-electron chi connectivity index (χ4n) is 3.33. The zero-order valence-corrected chi connectivity index (χ0v) is 17.4. The van der Waals surface area contributed by atoms with Crippen molar-refractivity contribution in [2.45, 2.75) is 111 Å². The highest BCUT2D eigenvalue weighted by atomic mass is 16.5. The van der Waals surface area contributed by atoms with Crippen LogP contribution in [0.4, 0.5) is 0 Å². The van der Waals surface area contributed by atoms with E-state index in [1.165, 1.54) is 68.9 Å². The summed E-state index contributed by atoms with van der Waals surface area (Å²) in [4.78, 5) is 12.1. The topological polar surface area (TPSA) is 26.3 Å². The van der Waals surface area contributed by atoms with Crippen molar-refractivity contribution in [1.29, 1.82) is 0 Å². The molecule has 0 spiro atoms. The lowest BCUT2D eigenvalue weighted by molar-refractivity contribution is -0.134. The summed E-state index contributed by atoms with van der Waals surface area (Å²) in [5.41, 5.74) is 2.82. The van der Waals surface area contributed by atoms with E-state index in [-0.39, 0.29) is 5.97 Å². The Kier molecular flexibility index (Phi) is 13.0. The van der Waals surface area contributed by atoms with Crippen LogP contribution in [0.1, 0.15) is 109 Å². The first-order valence-electron chi connectivity index (χ1n) is 11.0. The van der Waals surface area contributed by atoms with Gasteiger partial charge in [0.15, 0.2) is 0 Å². The predicted molar refractivity (Wildman–Crippen MR) is 112 cm³/mol. The first-order chi connectivity index (χ1) is 12.7. The zero-order valence-electron chi connectivity index (χ0n) is 17.4. The Labute approximate surface area is 161 Å². The molecule has 0 radical (unpaired) electrons. The first kappa shape index (κ1) is 22.7. The van der Waals surface area contributed by atoms with E-state index in [4.69, 9.17) is 4.74 Å². The van der Waals surface area contributed by atoms with E-state index < -0.39 is 0 Å². The molecule has 0 aliphatic carbocycles. The molecule has 0 saturated carbocycles. The molecule has 0 saturated heterocycles. The van der Waals surface area contributed by atoms with Crippen molar-refractivity contribution in [3.63, 3.8) is 0 Å². The fraction of sp³-hybridized carbons (Fsp3) is 0.708. The number of hydrogen-bond acceptors (Lipinski definition) is 2. The van der Waals surface area contributed by atoms with Crippen LogP contribution >= 0.6 is 0 Å². The molecule has 0 amide bonds. The third-order valence-corrected chi connectivity index (χ3v) is 4.99. The van der Waals surface area contributed by atoms with Crippen LogP contribution in [0.3, 0.4) is 0 Å². The van der Waals surface area contributed by atoms with E-state index in [9.17, 15) is 4.79 Å². The minimum absolute atomic E-state index is 0.0836. The number of carbonyl (C=O) groups excluding carboxylic acids is 1. The summed E-state index contributed by atoms with van der Waals surface area (Å²) in [5, 5.41) is 0. The summed E-state index contributed by atoms with van der Waals surface area (Å²) in [7, 11) is 0. The number of esters is 1. The summed E-state index contributed by atoms with van der Waals surface area (Å²) in [6.07, 6.45) is 16.0. The summed E-state index contributed by atoms with van der Waals surface area (Å²) in [5.74, 6) is 0.647. The van der Waals surface area contributed by atoms with Gasteiger partial charge < -0.3 is 4.74 Å². The molecule has 0 unspecified atom stereocenters. The molecule has 0 fully saturated rings. The number of hydrogen-bond donors (Lipinski definition) is 0. The van der Waals surface area contributed by atoms with Gasteiger partial charge in [0.05, 0.1) is 0 Å². The van der Waals surface area contributed by atoms with Crippen molar-refractivity contribution in [1.82, 2.24) is 0 Å². The van der Waals surface area contributed by atoms with Crippen LogP contribution in [0.5, 0.6) is 5.75 Å². The van der Waals surface area contributed by atoms with Crippen LogP contribution in [0.15, 0.2) is 18.2 Å². The highest BCUT2D eigenvalue weighted by Crippen LogP contribution is 2.23. The molecule has 1 aromatic rings. The summed E-state index contributed by atoms with van der Waals surface area (Å²) in [6, 6.07) is 6.28. The Balaban J connectivity index is 2.58. The van der Waals surface area contributed by atoms with Crippen molar-refractivity contribution in [3.8, 4) is 5.75 Å². The van der Waals surface area contributed by atoms with Gasteiger partial charge in [0.2, 0.25) is 0 Å². The van der Waals surface area contributed by atoms with Gasteiger partial charge in [-0.15, -0.1) is 0 Å². The molecule has 0 N–H and O–H groups in total.